The van der Waals surface area contributed by atoms with Crippen molar-refractivity contribution in [1.82, 2.24) is 9.97 Å². The normalized spacial score (nSPS) is 22.6. The van der Waals surface area contributed by atoms with Crippen LogP contribution in [0.2, 0.25) is 0 Å². The lowest BCUT2D eigenvalue weighted by atomic mass is 10.0. The van der Waals surface area contributed by atoms with Crippen LogP contribution in [0.4, 0.5) is 11.6 Å². The van der Waals surface area contributed by atoms with E-state index >= 15 is 0 Å². The zero-order chi connectivity index (χ0) is 13.9. The van der Waals surface area contributed by atoms with Crippen LogP contribution < -0.4 is 16.6 Å². The first-order valence-corrected chi connectivity index (χ1v) is 7.44. The quantitative estimate of drug-likeness (QED) is 0.562. The molecule has 0 aromatic carbocycles. The summed E-state index contributed by atoms with van der Waals surface area (Å²) in [5, 5.41) is 3.45. The van der Waals surface area contributed by atoms with Gasteiger partial charge in [-0.25, -0.2) is 15.8 Å². The average Bonchev–Trinajstić information content (AvgIpc) is 3.32. The van der Waals surface area contributed by atoms with Crippen LogP contribution in [-0.2, 0) is 4.74 Å². The van der Waals surface area contributed by atoms with Crippen molar-refractivity contribution in [2.75, 3.05) is 30.5 Å². The standard InChI is InChI=1S/C14H23N5O/c1-9-12(16-7-10-3-2-6-20-8-10)17-14(11-4-5-11)18-13(9)19-15/h10-11H,2-8,15H2,1H3,(H2,16,17,18,19). The Kier molecular flexibility index (Phi) is 4.03. The molecule has 2 aliphatic rings. The maximum atomic E-state index is 5.56. The fourth-order valence-corrected chi connectivity index (χ4v) is 2.58. The molecule has 1 saturated heterocycles. The van der Waals surface area contributed by atoms with Gasteiger partial charge in [0.05, 0.1) is 6.61 Å². The second-order valence-corrected chi connectivity index (χ2v) is 5.79. The van der Waals surface area contributed by atoms with Crippen LogP contribution in [0.25, 0.3) is 0 Å². The van der Waals surface area contributed by atoms with Crippen molar-refractivity contribution in [2.24, 2.45) is 11.8 Å². The monoisotopic (exact) mass is 277 g/mol. The van der Waals surface area contributed by atoms with Gasteiger partial charge in [0, 0.05) is 24.6 Å². The fourth-order valence-electron chi connectivity index (χ4n) is 2.58. The van der Waals surface area contributed by atoms with Crippen LogP contribution in [0.1, 0.15) is 43.0 Å². The summed E-state index contributed by atoms with van der Waals surface area (Å²) in [4.78, 5) is 9.16. The van der Waals surface area contributed by atoms with E-state index < -0.39 is 0 Å². The predicted molar refractivity (Wildman–Crippen MR) is 78.6 cm³/mol. The van der Waals surface area contributed by atoms with Gasteiger partial charge in [0.2, 0.25) is 0 Å². The van der Waals surface area contributed by atoms with Gasteiger partial charge in [0.1, 0.15) is 17.5 Å². The Bertz CT molecular complexity index is 469. The number of aromatic nitrogens is 2. The SMILES string of the molecule is Cc1c(NN)nc(C2CC2)nc1NCC1CCCOC1. The van der Waals surface area contributed by atoms with Crippen LogP contribution in [-0.4, -0.2) is 29.7 Å². The van der Waals surface area contributed by atoms with Crippen molar-refractivity contribution in [3.63, 3.8) is 0 Å². The zero-order valence-electron chi connectivity index (χ0n) is 12.0. The van der Waals surface area contributed by atoms with E-state index in [0.717, 1.165) is 49.2 Å². The molecule has 6 nitrogen and oxygen atoms in total. The third-order valence-corrected chi connectivity index (χ3v) is 4.06. The largest absolute Gasteiger partial charge is 0.381 e. The first kappa shape index (κ1) is 13.6. The van der Waals surface area contributed by atoms with E-state index in [0.29, 0.717) is 11.8 Å². The summed E-state index contributed by atoms with van der Waals surface area (Å²) in [5.74, 6) is 9.18. The molecular formula is C14H23N5O. The van der Waals surface area contributed by atoms with E-state index in [4.69, 9.17) is 10.6 Å². The molecule has 1 aliphatic carbocycles. The van der Waals surface area contributed by atoms with E-state index in [-0.39, 0.29) is 0 Å². The first-order valence-electron chi connectivity index (χ1n) is 7.44. The molecule has 1 aromatic heterocycles. The molecule has 0 bridgehead atoms. The van der Waals surface area contributed by atoms with Crippen LogP contribution >= 0.6 is 0 Å². The molecule has 0 spiro atoms. The van der Waals surface area contributed by atoms with E-state index in [1.807, 2.05) is 6.92 Å². The topological polar surface area (TPSA) is 85.1 Å². The molecule has 0 radical (unpaired) electrons. The van der Waals surface area contributed by atoms with Crippen LogP contribution in [0.3, 0.4) is 0 Å². The number of ether oxygens (including phenoxy) is 1. The zero-order valence-corrected chi connectivity index (χ0v) is 12.0. The molecule has 2 fully saturated rings. The lowest BCUT2D eigenvalue weighted by molar-refractivity contribution is 0.0595. The summed E-state index contributed by atoms with van der Waals surface area (Å²) in [6, 6.07) is 0. The van der Waals surface area contributed by atoms with Gasteiger partial charge in [-0.15, -0.1) is 0 Å². The predicted octanol–water partition coefficient (Wildman–Crippen LogP) is 1.79. The van der Waals surface area contributed by atoms with Crippen molar-refractivity contribution < 1.29 is 4.74 Å². The summed E-state index contributed by atoms with van der Waals surface area (Å²) in [5.41, 5.74) is 3.66. The van der Waals surface area contributed by atoms with Crippen molar-refractivity contribution in [3.8, 4) is 0 Å². The third-order valence-electron chi connectivity index (χ3n) is 4.06. The van der Waals surface area contributed by atoms with Gasteiger partial charge in [0.25, 0.3) is 0 Å². The van der Waals surface area contributed by atoms with Gasteiger partial charge in [-0.2, -0.15) is 0 Å². The molecule has 1 saturated carbocycles. The second kappa shape index (κ2) is 5.93. The van der Waals surface area contributed by atoms with Crippen molar-refractivity contribution in [1.29, 1.82) is 0 Å². The van der Waals surface area contributed by atoms with E-state index in [2.05, 4.69) is 20.7 Å². The smallest absolute Gasteiger partial charge is 0.148 e. The molecule has 6 heteroatoms. The molecule has 4 N–H and O–H groups in total. The molecular weight excluding hydrogens is 254 g/mol. The third kappa shape index (κ3) is 3.02. The van der Waals surface area contributed by atoms with Gasteiger partial charge in [0.15, 0.2) is 0 Å². The highest BCUT2D eigenvalue weighted by molar-refractivity contribution is 5.57. The van der Waals surface area contributed by atoms with Gasteiger partial charge < -0.3 is 15.5 Å². The number of nitrogens with two attached hydrogens (primary N) is 1. The summed E-state index contributed by atoms with van der Waals surface area (Å²) < 4.78 is 5.51. The summed E-state index contributed by atoms with van der Waals surface area (Å²) in [6.45, 7) is 4.63. The Labute approximate surface area is 119 Å². The van der Waals surface area contributed by atoms with Crippen LogP contribution in [0.15, 0.2) is 0 Å². The van der Waals surface area contributed by atoms with Gasteiger partial charge in [-0.3, -0.25) is 0 Å². The Morgan fingerprint density at radius 1 is 1.25 bits per heavy atom. The van der Waals surface area contributed by atoms with Crippen molar-refractivity contribution in [2.45, 2.75) is 38.5 Å². The van der Waals surface area contributed by atoms with Crippen LogP contribution in [0, 0.1) is 12.8 Å². The second-order valence-electron chi connectivity index (χ2n) is 5.79. The van der Waals surface area contributed by atoms with E-state index in [1.165, 1.54) is 19.3 Å². The van der Waals surface area contributed by atoms with Crippen molar-refractivity contribution in [3.05, 3.63) is 11.4 Å². The number of nitrogens with one attached hydrogen (secondary N) is 2. The number of nitrogen functional groups attached to an aromatic ring is 1. The first-order chi connectivity index (χ1) is 9.78. The number of hydrogen-bond acceptors (Lipinski definition) is 6. The Morgan fingerprint density at radius 3 is 2.70 bits per heavy atom. The maximum Gasteiger partial charge on any atom is 0.148 e. The molecule has 1 aliphatic heterocycles. The van der Waals surface area contributed by atoms with Gasteiger partial charge in [-0.05, 0) is 38.5 Å². The highest BCUT2D eigenvalue weighted by atomic mass is 16.5. The lowest BCUT2D eigenvalue weighted by Gasteiger charge is -2.23. The highest BCUT2D eigenvalue weighted by Crippen LogP contribution is 2.39. The summed E-state index contributed by atoms with van der Waals surface area (Å²) in [6.07, 6.45) is 4.73. The minimum atomic E-state index is 0.515. The molecule has 1 aromatic rings. The maximum absolute atomic E-state index is 5.56. The number of nitrogens with zero attached hydrogens (tertiary/aromatic N) is 2. The Morgan fingerprint density at radius 2 is 2.05 bits per heavy atom. The summed E-state index contributed by atoms with van der Waals surface area (Å²) >= 11 is 0. The minimum Gasteiger partial charge on any atom is -0.381 e. The number of rotatable bonds is 5. The minimum absolute atomic E-state index is 0.515. The molecule has 0 amide bonds. The fraction of sp³-hybridized carbons (Fsp3) is 0.714. The molecule has 20 heavy (non-hydrogen) atoms. The number of anilines is 2. The number of hydrazine groups is 1. The Balaban J connectivity index is 1.71. The molecule has 3 rings (SSSR count). The van der Waals surface area contributed by atoms with Gasteiger partial charge in [-0.1, -0.05) is 0 Å². The highest BCUT2D eigenvalue weighted by Gasteiger charge is 2.28. The molecule has 1 unspecified atom stereocenters. The lowest BCUT2D eigenvalue weighted by Crippen LogP contribution is -2.25. The van der Waals surface area contributed by atoms with E-state index in [1.54, 1.807) is 0 Å². The number of hydrogen-bond donors (Lipinski definition) is 3. The average molecular weight is 277 g/mol. The molecule has 1 atom stereocenters. The van der Waals surface area contributed by atoms with Crippen LogP contribution in [0.5, 0.6) is 0 Å². The summed E-state index contributed by atoms with van der Waals surface area (Å²) in [7, 11) is 0. The Hall–Kier alpha value is -1.40. The van der Waals surface area contributed by atoms with Gasteiger partial charge >= 0.3 is 0 Å². The molecule has 2 heterocycles. The van der Waals surface area contributed by atoms with E-state index in [9.17, 15) is 0 Å². The molecule has 110 valence electrons. The van der Waals surface area contributed by atoms with Crippen molar-refractivity contribution >= 4 is 11.6 Å².